The average molecular weight is 526 g/mol. The molecule has 0 aliphatic heterocycles. The predicted octanol–water partition coefficient (Wildman–Crippen LogP) is 7.11. The van der Waals surface area contributed by atoms with Gasteiger partial charge in [-0.05, 0) is 56.2 Å². The van der Waals surface area contributed by atoms with Crippen LogP contribution in [0, 0.1) is 20.8 Å². The number of nitrogens with zero attached hydrogens (tertiary/aromatic N) is 3. The van der Waals surface area contributed by atoms with Gasteiger partial charge in [-0.3, -0.25) is 4.57 Å². The van der Waals surface area contributed by atoms with Crippen LogP contribution in [-0.4, -0.2) is 20.8 Å². The van der Waals surface area contributed by atoms with E-state index in [0.717, 1.165) is 16.8 Å². The van der Waals surface area contributed by atoms with Crippen molar-refractivity contribution in [1.29, 1.82) is 0 Å². The quantitative estimate of drug-likeness (QED) is 0.252. The molecule has 2 amide bonds. The van der Waals surface area contributed by atoms with Gasteiger partial charge < -0.3 is 10.6 Å². The van der Waals surface area contributed by atoms with Crippen molar-refractivity contribution in [3.8, 4) is 5.69 Å². The Bertz CT molecular complexity index is 1370. The highest BCUT2D eigenvalue weighted by Gasteiger charge is 2.18. The van der Waals surface area contributed by atoms with Crippen LogP contribution in [0.1, 0.15) is 28.1 Å². The van der Waals surface area contributed by atoms with E-state index in [4.69, 9.17) is 23.2 Å². The minimum Gasteiger partial charge on any atom is -0.331 e. The molecule has 180 valence electrons. The fraction of sp³-hybridized carbons (Fsp3) is 0.192. The van der Waals surface area contributed by atoms with E-state index in [-0.39, 0.29) is 12.6 Å². The predicted molar refractivity (Wildman–Crippen MR) is 144 cm³/mol. The van der Waals surface area contributed by atoms with Crippen molar-refractivity contribution in [2.45, 2.75) is 38.2 Å². The van der Waals surface area contributed by atoms with Gasteiger partial charge in [0.2, 0.25) is 0 Å². The van der Waals surface area contributed by atoms with Gasteiger partial charge >= 0.3 is 6.03 Å². The second-order valence-electron chi connectivity index (χ2n) is 8.23. The summed E-state index contributed by atoms with van der Waals surface area (Å²) in [7, 11) is 0. The molecule has 1 heterocycles. The summed E-state index contributed by atoms with van der Waals surface area (Å²) in [6.45, 7) is 6.20. The molecule has 9 heteroatoms. The Balaban J connectivity index is 1.55. The lowest BCUT2D eigenvalue weighted by atomic mass is 10.1. The molecular formula is C26H25Cl2N5OS. The number of nitrogens with one attached hydrogen (secondary N) is 2. The molecule has 0 aliphatic carbocycles. The van der Waals surface area contributed by atoms with Gasteiger partial charge in [0.05, 0.1) is 17.3 Å². The maximum Gasteiger partial charge on any atom is 0.319 e. The Kier molecular flexibility index (Phi) is 8.00. The first kappa shape index (κ1) is 25.1. The summed E-state index contributed by atoms with van der Waals surface area (Å²) >= 11 is 14.2. The zero-order valence-electron chi connectivity index (χ0n) is 19.6. The lowest BCUT2D eigenvalue weighted by molar-refractivity contribution is 0.251. The Morgan fingerprint density at radius 1 is 0.971 bits per heavy atom. The van der Waals surface area contributed by atoms with Crippen molar-refractivity contribution in [1.82, 2.24) is 20.1 Å². The van der Waals surface area contributed by atoms with Crippen molar-refractivity contribution in [3.63, 3.8) is 0 Å². The van der Waals surface area contributed by atoms with Gasteiger partial charge in [0, 0.05) is 16.5 Å². The molecule has 4 rings (SSSR count). The van der Waals surface area contributed by atoms with Gasteiger partial charge in [0.15, 0.2) is 11.0 Å². The summed E-state index contributed by atoms with van der Waals surface area (Å²) in [4.78, 5) is 12.6. The number of aryl methyl sites for hydroxylation is 3. The minimum absolute atomic E-state index is 0.160. The van der Waals surface area contributed by atoms with Crippen LogP contribution in [-0.2, 0) is 12.3 Å². The van der Waals surface area contributed by atoms with Gasteiger partial charge in [-0.15, -0.1) is 10.2 Å². The van der Waals surface area contributed by atoms with Crippen LogP contribution in [0.2, 0.25) is 10.0 Å². The van der Waals surface area contributed by atoms with E-state index < -0.39 is 0 Å². The molecule has 6 nitrogen and oxygen atoms in total. The van der Waals surface area contributed by atoms with E-state index in [1.807, 2.05) is 48.7 Å². The molecule has 0 radical (unpaired) electrons. The zero-order valence-corrected chi connectivity index (χ0v) is 21.9. The number of thioether (sulfide) groups is 1. The number of hydrogen-bond acceptors (Lipinski definition) is 4. The number of rotatable bonds is 7. The third kappa shape index (κ3) is 6.36. The molecular weight excluding hydrogens is 501 g/mol. The van der Waals surface area contributed by atoms with Crippen LogP contribution in [0.5, 0.6) is 0 Å². The van der Waals surface area contributed by atoms with Crippen molar-refractivity contribution >= 4 is 46.7 Å². The van der Waals surface area contributed by atoms with Gasteiger partial charge in [-0.25, -0.2) is 4.79 Å². The van der Waals surface area contributed by atoms with Crippen molar-refractivity contribution in [3.05, 3.63) is 98.8 Å². The summed E-state index contributed by atoms with van der Waals surface area (Å²) in [6.07, 6.45) is 0. The van der Waals surface area contributed by atoms with Crippen LogP contribution >= 0.6 is 35.0 Å². The number of amides is 2. The Morgan fingerprint density at radius 2 is 1.77 bits per heavy atom. The van der Waals surface area contributed by atoms with Crippen molar-refractivity contribution in [2.24, 2.45) is 0 Å². The van der Waals surface area contributed by atoms with Crippen molar-refractivity contribution in [2.75, 3.05) is 5.32 Å². The molecule has 0 saturated heterocycles. The van der Waals surface area contributed by atoms with E-state index in [1.165, 1.54) is 11.1 Å². The third-order valence-electron chi connectivity index (χ3n) is 5.34. The molecule has 0 saturated carbocycles. The van der Waals surface area contributed by atoms with E-state index in [1.54, 1.807) is 23.9 Å². The molecule has 0 unspecified atom stereocenters. The van der Waals surface area contributed by atoms with Crippen LogP contribution in [0.3, 0.4) is 0 Å². The summed E-state index contributed by atoms with van der Waals surface area (Å²) in [5.41, 5.74) is 5.96. The van der Waals surface area contributed by atoms with E-state index in [2.05, 4.69) is 46.0 Å². The number of carbonyl (C=O) groups is 1. The summed E-state index contributed by atoms with van der Waals surface area (Å²) in [5, 5.41) is 16.2. The number of hydrogen-bond donors (Lipinski definition) is 2. The first-order valence-corrected chi connectivity index (χ1v) is 12.7. The molecule has 1 aromatic heterocycles. The number of carbonyl (C=O) groups excluding carboxylic acids is 1. The normalized spacial score (nSPS) is 10.9. The van der Waals surface area contributed by atoms with E-state index in [0.29, 0.717) is 32.5 Å². The van der Waals surface area contributed by atoms with E-state index >= 15 is 0 Å². The monoisotopic (exact) mass is 525 g/mol. The van der Waals surface area contributed by atoms with Crippen LogP contribution in [0.25, 0.3) is 5.69 Å². The van der Waals surface area contributed by atoms with Gasteiger partial charge in [-0.2, -0.15) is 0 Å². The summed E-state index contributed by atoms with van der Waals surface area (Å²) in [5.74, 6) is 1.27. The topological polar surface area (TPSA) is 71.8 Å². The van der Waals surface area contributed by atoms with Crippen molar-refractivity contribution < 1.29 is 4.79 Å². The zero-order chi connectivity index (χ0) is 24.9. The Morgan fingerprint density at radius 3 is 2.51 bits per heavy atom. The van der Waals surface area contributed by atoms with Crippen LogP contribution in [0.4, 0.5) is 10.5 Å². The lowest BCUT2D eigenvalue weighted by Crippen LogP contribution is -2.29. The van der Waals surface area contributed by atoms with Crippen LogP contribution in [0.15, 0.2) is 65.8 Å². The second-order valence-corrected chi connectivity index (χ2v) is 10.0. The average Bonchev–Trinajstić information content (AvgIpc) is 3.21. The fourth-order valence-electron chi connectivity index (χ4n) is 3.64. The molecule has 4 aromatic rings. The van der Waals surface area contributed by atoms with Crippen LogP contribution < -0.4 is 10.6 Å². The lowest BCUT2D eigenvalue weighted by Gasteiger charge is -2.14. The Labute approximate surface area is 219 Å². The third-order valence-corrected chi connectivity index (χ3v) is 6.88. The van der Waals surface area contributed by atoms with Gasteiger partial charge in [0.25, 0.3) is 0 Å². The molecule has 0 bridgehead atoms. The largest absolute Gasteiger partial charge is 0.331 e. The SMILES string of the molecule is Cc1cccc(CSc2nnc(CNC(=O)Nc3ccc(C)cc3C)n2-c2ccc(Cl)cc2Cl)c1. The maximum absolute atomic E-state index is 12.6. The summed E-state index contributed by atoms with van der Waals surface area (Å²) in [6, 6.07) is 19.1. The number of anilines is 1. The summed E-state index contributed by atoms with van der Waals surface area (Å²) < 4.78 is 1.86. The first-order chi connectivity index (χ1) is 16.8. The first-order valence-electron chi connectivity index (χ1n) is 11.0. The fourth-order valence-corrected chi connectivity index (χ4v) is 5.04. The maximum atomic E-state index is 12.6. The van der Waals surface area contributed by atoms with Gasteiger partial charge in [-0.1, -0.05) is 82.5 Å². The van der Waals surface area contributed by atoms with Gasteiger partial charge in [0.1, 0.15) is 0 Å². The molecule has 0 fully saturated rings. The smallest absolute Gasteiger partial charge is 0.319 e. The highest BCUT2D eigenvalue weighted by Crippen LogP contribution is 2.31. The number of benzene rings is 3. The number of aromatic nitrogens is 3. The molecule has 0 spiro atoms. The molecule has 3 aromatic carbocycles. The molecule has 35 heavy (non-hydrogen) atoms. The molecule has 0 aliphatic rings. The highest BCUT2D eigenvalue weighted by molar-refractivity contribution is 7.98. The number of halogens is 2. The Hall–Kier alpha value is -3.00. The second kappa shape index (κ2) is 11.2. The molecule has 0 atom stereocenters. The van der Waals surface area contributed by atoms with E-state index in [9.17, 15) is 4.79 Å². The number of urea groups is 1. The standard InChI is InChI=1S/C26H25Cl2N5OS/c1-16-5-4-6-19(12-16)15-35-26-32-31-24(33(26)23-10-8-20(27)13-21(23)28)14-29-25(34)30-22-9-7-17(2)11-18(22)3/h4-13H,14-15H2,1-3H3,(H2,29,30,34). The molecule has 2 N–H and O–H groups in total. The minimum atomic E-state index is -0.331. The highest BCUT2D eigenvalue weighted by atomic mass is 35.5.